The van der Waals surface area contributed by atoms with Crippen LogP contribution < -0.4 is 10.9 Å². The zero-order valence-corrected chi connectivity index (χ0v) is 11.4. The minimum Gasteiger partial charge on any atom is -0.438 e. The van der Waals surface area contributed by atoms with Gasteiger partial charge < -0.3 is 9.73 Å². The van der Waals surface area contributed by atoms with Crippen molar-refractivity contribution in [3.05, 3.63) is 40.4 Å². The second-order valence-electron chi connectivity index (χ2n) is 4.28. The summed E-state index contributed by atoms with van der Waals surface area (Å²) >= 11 is 5.90. The molecule has 0 saturated carbocycles. The van der Waals surface area contributed by atoms with Crippen LogP contribution in [0.1, 0.15) is 30.1 Å². The maximum absolute atomic E-state index is 11.9. The molecule has 0 aliphatic carbocycles. The molecule has 0 unspecified atom stereocenters. The van der Waals surface area contributed by atoms with Gasteiger partial charge in [0, 0.05) is 17.0 Å². The molecule has 0 bridgehead atoms. The Morgan fingerprint density at radius 1 is 1.42 bits per heavy atom. The van der Waals surface area contributed by atoms with Crippen molar-refractivity contribution in [3.63, 3.8) is 0 Å². The number of fused-ring (bicyclic) bond motifs is 1. The molecule has 5 heteroatoms. The summed E-state index contributed by atoms with van der Waals surface area (Å²) in [7, 11) is 0. The molecule has 0 saturated heterocycles. The Bertz CT molecular complexity index is 664. The maximum Gasteiger partial charge on any atom is 0.256 e. The Kier molecular flexibility index (Phi) is 4.22. The van der Waals surface area contributed by atoms with Gasteiger partial charge in [0.15, 0.2) is 0 Å². The normalized spacial score (nSPS) is 10.6. The van der Waals surface area contributed by atoms with Crippen molar-refractivity contribution in [2.24, 2.45) is 0 Å². The van der Waals surface area contributed by atoms with Gasteiger partial charge in [0.2, 0.25) is 5.55 Å². The molecule has 100 valence electrons. The molecular formula is C14H15ClN2O2. The molecular weight excluding hydrogens is 264 g/mol. The van der Waals surface area contributed by atoms with Crippen molar-refractivity contribution in [2.45, 2.75) is 19.8 Å². The SMILES string of the molecule is CCCCNC(=O)c1cc2cc(Cl)ccc2oc1=N. The van der Waals surface area contributed by atoms with E-state index in [1.165, 1.54) is 0 Å². The van der Waals surface area contributed by atoms with Crippen molar-refractivity contribution in [1.29, 1.82) is 5.41 Å². The van der Waals surface area contributed by atoms with Crippen LogP contribution in [0.15, 0.2) is 28.7 Å². The van der Waals surface area contributed by atoms with Crippen molar-refractivity contribution >= 4 is 28.5 Å². The van der Waals surface area contributed by atoms with E-state index in [0.717, 1.165) is 12.8 Å². The number of hydrogen-bond acceptors (Lipinski definition) is 3. The fraction of sp³-hybridized carbons (Fsp3) is 0.286. The van der Waals surface area contributed by atoms with Crippen LogP contribution in [-0.4, -0.2) is 12.5 Å². The van der Waals surface area contributed by atoms with Gasteiger partial charge in [-0.3, -0.25) is 10.2 Å². The van der Waals surface area contributed by atoms with Gasteiger partial charge in [-0.25, -0.2) is 0 Å². The molecule has 2 N–H and O–H groups in total. The van der Waals surface area contributed by atoms with Crippen LogP contribution in [0.4, 0.5) is 0 Å². The van der Waals surface area contributed by atoms with E-state index in [1.54, 1.807) is 24.3 Å². The number of unbranched alkanes of at least 4 members (excludes halogenated alkanes) is 1. The highest BCUT2D eigenvalue weighted by Gasteiger charge is 2.11. The third-order valence-electron chi connectivity index (χ3n) is 2.79. The smallest absolute Gasteiger partial charge is 0.256 e. The van der Waals surface area contributed by atoms with Crippen LogP contribution in [0.5, 0.6) is 0 Å². The summed E-state index contributed by atoms with van der Waals surface area (Å²) in [4.78, 5) is 11.9. The first-order chi connectivity index (χ1) is 9.11. The van der Waals surface area contributed by atoms with Gasteiger partial charge in [-0.05, 0) is 30.7 Å². The van der Waals surface area contributed by atoms with Gasteiger partial charge in [-0.15, -0.1) is 0 Å². The van der Waals surface area contributed by atoms with Crippen LogP contribution in [0, 0.1) is 5.41 Å². The van der Waals surface area contributed by atoms with Crippen LogP contribution in [0.3, 0.4) is 0 Å². The fourth-order valence-corrected chi connectivity index (χ4v) is 1.93. The van der Waals surface area contributed by atoms with E-state index in [-0.39, 0.29) is 17.0 Å². The summed E-state index contributed by atoms with van der Waals surface area (Å²) in [6.07, 6.45) is 1.92. The van der Waals surface area contributed by atoms with E-state index in [1.807, 2.05) is 0 Å². The number of benzene rings is 1. The number of hydrogen-bond donors (Lipinski definition) is 2. The molecule has 19 heavy (non-hydrogen) atoms. The molecule has 1 aromatic heterocycles. The summed E-state index contributed by atoms with van der Waals surface area (Å²) < 4.78 is 5.32. The zero-order valence-electron chi connectivity index (χ0n) is 10.6. The minimum atomic E-state index is -0.288. The molecule has 0 fully saturated rings. The van der Waals surface area contributed by atoms with Gasteiger partial charge in [0.05, 0.1) is 0 Å². The zero-order chi connectivity index (χ0) is 13.8. The molecule has 0 aliphatic heterocycles. The molecule has 0 spiro atoms. The minimum absolute atomic E-state index is 0.135. The van der Waals surface area contributed by atoms with Gasteiger partial charge in [0.25, 0.3) is 5.91 Å². The van der Waals surface area contributed by atoms with Gasteiger partial charge in [-0.2, -0.15) is 0 Å². The predicted octanol–water partition coefficient (Wildman–Crippen LogP) is 3.10. The monoisotopic (exact) mass is 278 g/mol. The summed E-state index contributed by atoms with van der Waals surface area (Å²) in [6, 6.07) is 6.72. The number of halogens is 1. The highest BCUT2D eigenvalue weighted by Crippen LogP contribution is 2.18. The van der Waals surface area contributed by atoms with Crippen molar-refractivity contribution in [3.8, 4) is 0 Å². The molecule has 1 heterocycles. The Balaban J connectivity index is 2.35. The Morgan fingerprint density at radius 2 is 2.21 bits per heavy atom. The van der Waals surface area contributed by atoms with Crippen molar-refractivity contribution in [2.75, 3.05) is 6.54 Å². The average Bonchev–Trinajstić information content (AvgIpc) is 2.38. The van der Waals surface area contributed by atoms with Crippen LogP contribution >= 0.6 is 11.6 Å². The highest BCUT2D eigenvalue weighted by molar-refractivity contribution is 6.31. The lowest BCUT2D eigenvalue weighted by Crippen LogP contribution is -2.29. The van der Waals surface area contributed by atoms with E-state index in [0.29, 0.717) is 22.5 Å². The van der Waals surface area contributed by atoms with E-state index in [4.69, 9.17) is 21.4 Å². The Labute approximate surface area is 115 Å². The second kappa shape index (κ2) is 5.89. The number of carbonyl (C=O) groups excluding carboxylic acids is 1. The van der Waals surface area contributed by atoms with E-state index in [2.05, 4.69) is 12.2 Å². The molecule has 4 nitrogen and oxygen atoms in total. The lowest BCUT2D eigenvalue weighted by molar-refractivity contribution is 0.0949. The largest absolute Gasteiger partial charge is 0.438 e. The topological polar surface area (TPSA) is 66.1 Å². The van der Waals surface area contributed by atoms with E-state index in [9.17, 15) is 4.79 Å². The Morgan fingerprint density at radius 3 is 2.95 bits per heavy atom. The van der Waals surface area contributed by atoms with Crippen molar-refractivity contribution in [1.82, 2.24) is 5.32 Å². The highest BCUT2D eigenvalue weighted by atomic mass is 35.5. The standard InChI is InChI=1S/C14H15ClN2O2/c1-2-3-6-17-14(18)11-8-9-7-10(15)4-5-12(9)19-13(11)16/h4-5,7-8,16H,2-3,6H2,1H3,(H,17,18). The average molecular weight is 279 g/mol. The number of carbonyl (C=O) groups is 1. The summed E-state index contributed by atoms with van der Waals surface area (Å²) in [5.74, 6) is -0.288. The molecule has 2 rings (SSSR count). The first-order valence-electron chi connectivity index (χ1n) is 6.18. The number of rotatable bonds is 4. The molecule has 0 aliphatic rings. The van der Waals surface area contributed by atoms with Crippen LogP contribution in [0.25, 0.3) is 11.0 Å². The molecule has 2 aromatic rings. The first-order valence-corrected chi connectivity index (χ1v) is 6.56. The number of nitrogens with one attached hydrogen (secondary N) is 2. The van der Waals surface area contributed by atoms with E-state index < -0.39 is 0 Å². The fourth-order valence-electron chi connectivity index (χ4n) is 1.75. The third kappa shape index (κ3) is 3.15. The second-order valence-corrected chi connectivity index (χ2v) is 4.72. The lowest BCUT2D eigenvalue weighted by Gasteiger charge is -2.05. The molecule has 0 radical (unpaired) electrons. The van der Waals surface area contributed by atoms with Gasteiger partial charge in [0.1, 0.15) is 11.1 Å². The molecule has 1 amide bonds. The van der Waals surface area contributed by atoms with Gasteiger partial charge in [-0.1, -0.05) is 24.9 Å². The molecule has 0 atom stereocenters. The molecule has 1 aromatic carbocycles. The summed E-state index contributed by atoms with van der Waals surface area (Å²) in [6.45, 7) is 2.65. The number of amides is 1. The quantitative estimate of drug-likeness (QED) is 0.844. The predicted molar refractivity (Wildman–Crippen MR) is 74.3 cm³/mol. The summed E-state index contributed by atoms with van der Waals surface area (Å²) in [5, 5.41) is 11.8. The van der Waals surface area contributed by atoms with Crippen LogP contribution in [0.2, 0.25) is 5.02 Å². The lowest BCUT2D eigenvalue weighted by atomic mass is 10.1. The Hall–Kier alpha value is -1.81. The third-order valence-corrected chi connectivity index (χ3v) is 3.02. The van der Waals surface area contributed by atoms with Gasteiger partial charge >= 0.3 is 0 Å². The first kappa shape index (κ1) is 13.6. The summed E-state index contributed by atoms with van der Waals surface area (Å²) in [5.41, 5.74) is 0.634. The van der Waals surface area contributed by atoms with E-state index >= 15 is 0 Å². The van der Waals surface area contributed by atoms with Crippen molar-refractivity contribution < 1.29 is 9.21 Å². The maximum atomic E-state index is 11.9. The van der Waals surface area contributed by atoms with Crippen LogP contribution in [-0.2, 0) is 0 Å².